The van der Waals surface area contributed by atoms with E-state index in [-0.39, 0.29) is 11.7 Å². The van der Waals surface area contributed by atoms with E-state index in [0.717, 1.165) is 31.9 Å². The van der Waals surface area contributed by atoms with E-state index in [4.69, 9.17) is 9.47 Å². The Morgan fingerprint density at radius 3 is 2.39 bits per heavy atom. The number of hydrogen-bond acceptors (Lipinski definition) is 5. The molecule has 28 heavy (non-hydrogen) atoms. The molecular weight excluding hydrogens is 361 g/mol. The maximum Gasteiger partial charge on any atom is 0.225 e. The molecule has 0 saturated carbocycles. The maximum atomic E-state index is 13.1. The zero-order valence-electron chi connectivity index (χ0n) is 16.3. The van der Waals surface area contributed by atoms with Crippen LogP contribution in [0.5, 0.6) is 11.5 Å². The number of anilines is 2. The molecule has 1 saturated heterocycles. The van der Waals surface area contributed by atoms with Crippen molar-refractivity contribution < 1.29 is 18.7 Å². The summed E-state index contributed by atoms with van der Waals surface area (Å²) in [5, 5.41) is 2.90. The molecule has 1 fully saturated rings. The van der Waals surface area contributed by atoms with Crippen molar-refractivity contribution in [1.29, 1.82) is 0 Å². The molecule has 7 heteroatoms. The predicted molar refractivity (Wildman–Crippen MR) is 108 cm³/mol. The molecule has 1 amide bonds. The third-order valence-electron chi connectivity index (χ3n) is 4.90. The van der Waals surface area contributed by atoms with Gasteiger partial charge in [-0.25, -0.2) is 4.39 Å². The lowest BCUT2D eigenvalue weighted by Crippen LogP contribution is -2.47. The molecule has 2 aromatic carbocycles. The van der Waals surface area contributed by atoms with Gasteiger partial charge in [0.15, 0.2) is 0 Å². The van der Waals surface area contributed by atoms with E-state index in [1.54, 1.807) is 44.6 Å². The van der Waals surface area contributed by atoms with Gasteiger partial charge in [0, 0.05) is 50.9 Å². The molecular formula is C21H26FN3O3. The first-order chi connectivity index (χ1) is 13.6. The number of carbonyl (C=O) groups is 1. The van der Waals surface area contributed by atoms with E-state index in [1.165, 1.54) is 12.1 Å². The van der Waals surface area contributed by atoms with E-state index in [9.17, 15) is 9.18 Å². The fraction of sp³-hybridized carbons (Fsp3) is 0.381. The Morgan fingerprint density at radius 1 is 1.04 bits per heavy atom. The van der Waals surface area contributed by atoms with Gasteiger partial charge in [0.1, 0.15) is 17.3 Å². The first kappa shape index (κ1) is 19.9. The first-order valence-electron chi connectivity index (χ1n) is 9.34. The van der Waals surface area contributed by atoms with E-state index >= 15 is 0 Å². The van der Waals surface area contributed by atoms with Gasteiger partial charge in [-0.15, -0.1) is 0 Å². The second-order valence-corrected chi connectivity index (χ2v) is 6.67. The van der Waals surface area contributed by atoms with Gasteiger partial charge < -0.3 is 19.7 Å². The molecule has 6 nitrogen and oxygen atoms in total. The van der Waals surface area contributed by atoms with Gasteiger partial charge in [-0.1, -0.05) is 0 Å². The Morgan fingerprint density at radius 2 is 1.75 bits per heavy atom. The van der Waals surface area contributed by atoms with Crippen LogP contribution >= 0.6 is 0 Å². The molecule has 0 aromatic heterocycles. The average molecular weight is 387 g/mol. The number of hydrogen-bond donors (Lipinski definition) is 1. The van der Waals surface area contributed by atoms with E-state index in [1.807, 2.05) is 0 Å². The van der Waals surface area contributed by atoms with Crippen LogP contribution < -0.4 is 19.7 Å². The first-order valence-corrected chi connectivity index (χ1v) is 9.34. The summed E-state index contributed by atoms with van der Waals surface area (Å²) in [4.78, 5) is 16.8. The summed E-state index contributed by atoms with van der Waals surface area (Å²) >= 11 is 0. The molecule has 1 aliphatic rings. The second kappa shape index (κ2) is 9.41. The van der Waals surface area contributed by atoms with Crippen LogP contribution in [-0.2, 0) is 4.79 Å². The molecule has 0 aliphatic carbocycles. The van der Waals surface area contributed by atoms with Crippen molar-refractivity contribution in [2.24, 2.45) is 0 Å². The monoisotopic (exact) mass is 387 g/mol. The molecule has 1 heterocycles. The van der Waals surface area contributed by atoms with Crippen LogP contribution in [0.3, 0.4) is 0 Å². The van der Waals surface area contributed by atoms with Crippen molar-refractivity contribution in [2.45, 2.75) is 6.42 Å². The van der Waals surface area contributed by atoms with Crippen LogP contribution in [0.4, 0.5) is 15.8 Å². The number of halogens is 1. The van der Waals surface area contributed by atoms with Crippen molar-refractivity contribution in [2.75, 3.05) is 57.2 Å². The molecule has 0 atom stereocenters. The van der Waals surface area contributed by atoms with Crippen LogP contribution in [0, 0.1) is 5.82 Å². The smallest absolute Gasteiger partial charge is 0.225 e. The largest absolute Gasteiger partial charge is 0.497 e. The number of rotatable bonds is 7. The topological polar surface area (TPSA) is 54.0 Å². The number of methoxy groups -OCH3 is 2. The van der Waals surface area contributed by atoms with Crippen LogP contribution in [0.2, 0.25) is 0 Å². The molecule has 0 radical (unpaired) electrons. The lowest BCUT2D eigenvalue weighted by atomic mass is 10.2. The molecule has 0 unspecified atom stereocenters. The lowest BCUT2D eigenvalue weighted by Gasteiger charge is -2.36. The molecule has 2 aromatic rings. The molecule has 1 N–H and O–H groups in total. The standard InChI is InChI=1S/C21H26FN3O3/c1-27-18-7-8-19(20(15-18)28-2)23-21(26)9-10-24-11-13-25(14-12-24)17-5-3-16(22)4-6-17/h3-8,15H,9-14H2,1-2H3,(H,23,26). The maximum absolute atomic E-state index is 13.1. The van der Waals surface area contributed by atoms with Crippen LogP contribution in [0.25, 0.3) is 0 Å². The number of carbonyl (C=O) groups excluding carboxylic acids is 1. The third-order valence-corrected chi connectivity index (χ3v) is 4.90. The van der Waals surface area contributed by atoms with Gasteiger partial charge in [-0.3, -0.25) is 9.69 Å². The number of ether oxygens (including phenoxy) is 2. The van der Waals surface area contributed by atoms with Gasteiger partial charge in [0.05, 0.1) is 19.9 Å². The molecule has 1 aliphatic heterocycles. The van der Waals surface area contributed by atoms with E-state index < -0.39 is 0 Å². The molecule has 3 rings (SSSR count). The van der Waals surface area contributed by atoms with E-state index in [0.29, 0.717) is 30.2 Å². The number of amides is 1. The highest BCUT2D eigenvalue weighted by Gasteiger charge is 2.18. The average Bonchev–Trinajstić information content (AvgIpc) is 2.73. The summed E-state index contributed by atoms with van der Waals surface area (Å²) in [6.45, 7) is 4.16. The number of nitrogens with one attached hydrogen (secondary N) is 1. The highest BCUT2D eigenvalue weighted by atomic mass is 19.1. The number of piperazine rings is 1. The molecule has 150 valence electrons. The summed E-state index contributed by atoms with van der Waals surface area (Å²) < 4.78 is 23.5. The van der Waals surface area contributed by atoms with Gasteiger partial charge in [0.25, 0.3) is 0 Å². The molecule has 0 spiro atoms. The van der Waals surface area contributed by atoms with Crippen molar-refractivity contribution in [1.82, 2.24) is 4.90 Å². The van der Waals surface area contributed by atoms with Gasteiger partial charge in [-0.2, -0.15) is 0 Å². The van der Waals surface area contributed by atoms with Gasteiger partial charge in [0.2, 0.25) is 5.91 Å². The van der Waals surface area contributed by atoms with Crippen molar-refractivity contribution >= 4 is 17.3 Å². The third kappa shape index (κ3) is 5.13. The van der Waals surface area contributed by atoms with Gasteiger partial charge in [-0.05, 0) is 36.4 Å². The Bertz CT molecular complexity index is 790. The summed E-state index contributed by atoms with van der Waals surface area (Å²) in [5.41, 5.74) is 1.67. The van der Waals surface area contributed by atoms with Crippen LogP contribution in [0.1, 0.15) is 6.42 Å². The van der Waals surface area contributed by atoms with Crippen molar-refractivity contribution in [3.63, 3.8) is 0 Å². The lowest BCUT2D eigenvalue weighted by molar-refractivity contribution is -0.116. The Labute approximate surface area is 164 Å². The SMILES string of the molecule is COc1ccc(NC(=O)CCN2CCN(c3ccc(F)cc3)CC2)c(OC)c1. The zero-order valence-corrected chi connectivity index (χ0v) is 16.3. The quantitative estimate of drug-likeness (QED) is 0.792. The Balaban J connectivity index is 1.45. The van der Waals surface area contributed by atoms with E-state index in [2.05, 4.69) is 15.1 Å². The number of benzene rings is 2. The minimum absolute atomic E-state index is 0.0515. The fourth-order valence-corrected chi connectivity index (χ4v) is 3.26. The Kier molecular flexibility index (Phi) is 6.71. The number of nitrogens with zero attached hydrogens (tertiary/aromatic N) is 2. The highest BCUT2D eigenvalue weighted by molar-refractivity contribution is 5.92. The minimum atomic E-state index is -0.220. The summed E-state index contributed by atoms with van der Waals surface area (Å²) in [7, 11) is 3.15. The highest BCUT2D eigenvalue weighted by Crippen LogP contribution is 2.29. The predicted octanol–water partition coefficient (Wildman–Crippen LogP) is 2.99. The minimum Gasteiger partial charge on any atom is -0.497 e. The summed E-state index contributed by atoms with van der Waals surface area (Å²) in [5.74, 6) is 0.973. The zero-order chi connectivity index (χ0) is 19.9. The fourth-order valence-electron chi connectivity index (χ4n) is 3.26. The molecule has 0 bridgehead atoms. The second-order valence-electron chi connectivity index (χ2n) is 6.67. The van der Waals surface area contributed by atoms with Crippen molar-refractivity contribution in [3.8, 4) is 11.5 Å². The van der Waals surface area contributed by atoms with Gasteiger partial charge >= 0.3 is 0 Å². The summed E-state index contributed by atoms with van der Waals surface area (Å²) in [6, 6.07) is 11.9. The summed E-state index contributed by atoms with van der Waals surface area (Å²) in [6.07, 6.45) is 0.408. The van der Waals surface area contributed by atoms with Crippen LogP contribution in [-0.4, -0.2) is 57.8 Å². The van der Waals surface area contributed by atoms with Crippen molar-refractivity contribution in [3.05, 3.63) is 48.3 Å². The van der Waals surface area contributed by atoms with Crippen LogP contribution in [0.15, 0.2) is 42.5 Å². The normalized spacial score (nSPS) is 14.6. The Hall–Kier alpha value is -2.80.